The molecule has 1 heterocycles. The summed E-state index contributed by atoms with van der Waals surface area (Å²) in [7, 11) is 3.49. The van der Waals surface area contributed by atoms with Crippen molar-refractivity contribution in [2.75, 3.05) is 33.9 Å². The number of guanidine groups is 1. The molecule has 29 heavy (non-hydrogen) atoms. The highest BCUT2D eigenvalue weighted by Crippen LogP contribution is 2.28. The number of ether oxygens (including phenoxy) is 3. The van der Waals surface area contributed by atoms with Gasteiger partial charge in [-0.2, -0.15) is 0 Å². The first-order valence-corrected chi connectivity index (χ1v) is 10.2. The Balaban J connectivity index is 1.51. The van der Waals surface area contributed by atoms with Crippen molar-refractivity contribution in [1.29, 1.82) is 0 Å². The Morgan fingerprint density at radius 1 is 1.10 bits per heavy atom. The number of aliphatic imine (C=N–C) groups is 1. The molecule has 1 N–H and O–H groups in total. The average molecular weight is 398 g/mol. The Bertz CT molecular complexity index is 787. The van der Waals surface area contributed by atoms with Crippen LogP contribution in [0.5, 0.6) is 17.2 Å². The molecule has 0 atom stereocenters. The van der Waals surface area contributed by atoms with Gasteiger partial charge in [-0.15, -0.1) is 0 Å². The van der Waals surface area contributed by atoms with Crippen LogP contribution in [0.3, 0.4) is 0 Å². The third-order valence-corrected chi connectivity index (χ3v) is 4.98. The van der Waals surface area contributed by atoms with Crippen LogP contribution in [0.25, 0.3) is 0 Å². The fourth-order valence-electron chi connectivity index (χ4n) is 3.49. The zero-order valence-corrected chi connectivity index (χ0v) is 17.6. The Labute approximate surface area is 173 Å². The van der Waals surface area contributed by atoms with Crippen LogP contribution in [-0.4, -0.2) is 50.8 Å². The van der Waals surface area contributed by atoms with Gasteiger partial charge in [0.1, 0.15) is 11.9 Å². The van der Waals surface area contributed by atoms with Crippen LogP contribution in [-0.2, 0) is 6.54 Å². The maximum Gasteiger partial charge on any atom is 0.193 e. The van der Waals surface area contributed by atoms with Crippen molar-refractivity contribution in [2.45, 2.75) is 32.4 Å². The standard InChI is InChI=1S/C23H31N3O3/c1-4-28-21-11-10-18(16-22(21)27-3)17-25-23(24-2)26-14-12-20(13-15-26)29-19-8-6-5-7-9-19/h5-11,16,20H,4,12-15,17H2,1-3H3,(H,24,25). The number of likely N-dealkylation sites (tertiary alicyclic amines) is 1. The van der Waals surface area contributed by atoms with Gasteiger partial charge in [-0.05, 0) is 36.8 Å². The van der Waals surface area contributed by atoms with Gasteiger partial charge < -0.3 is 24.4 Å². The largest absolute Gasteiger partial charge is 0.493 e. The van der Waals surface area contributed by atoms with Crippen molar-refractivity contribution in [3.63, 3.8) is 0 Å². The number of benzene rings is 2. The van der Waals surface area contributed by atoms with Crippen LogP contribution in [0.2, 0.25) is 0 Å². The summed E-state index contributed by atoms with van der Waals surface area (Å²) in [6.45, 7) is 5.10. The Hall–Kier alpha value is -2.89. The Kier molecular flexibility index (Phi) is 7.61. The first-order valence-electron chi connectivity index (χ1n) is 10.2. The molecule has 0 aromatic heterocycles. The number of nitrogens with zero attached hydrogens (tertiary/aromatic N) is 2. The topological polar surface area (TPSA) is 55.3 Å². The van der Waals surface area contributed by atoms with Gasteiger partial charge in [-0.1, -0.05) is 24.3 Å². The number of hydrogen-bond donors (Lipinski definition) is 1. The number of hydrogen-bond acceptors (Lipinski definition) is 4. The fraction of sp³-hybridized carbons (Fsp3) is 0.435. The summed E-state index contributed by atoms with van der Waals surface area (Å²) in [6.07, 6.45) is 2.21. The van der Waals surface area contributed by atoms with Crippen molar-refractivity contribution in [3.05, 3.63) is 54.1 Å². The lowest BCUT2D eigenvalue weighted by Crippen LogP contribution is -2.47. The molecule has 1 aliphatic rings. The molecule has 0 saturated carbocycles. The number of rotatable bonds is 7. The van der Waals surface area contributed by atoms with E-state index in [-0.39, 0.29) is 6.10 Å². The summed E-state index contributed by atoms with van der Waals surface area (Å²) in [5, 5.41) is 3.46. The van der Waals surface area contributed by atoms with Crippen LogP contribution < -0.4 is 19.5 Å². The van der Waals surface area contributed by atoms with E-state index in [1.54, 1.807) is 7.11 Å². The van der Waals surface area contributed by atoms with Gasteiger partial charge >= 0.3 is 0 Å². The first kappa shape index (κ1) is 20.8. The van der Waals surface area contributed by atoms with Crippen LogP contribution in [0, 0.1) is 0 Å². The summed E-state index contributed by atoms with van der Waals surface area (Å²) in [4.78, 5) is 6.75. The smallest absolute Gasteiger partial charge is 0.193 e. The van der Waals surface area contributed by atoms with Crippen LogP contribution in [0.15, 0.2) is 53.5 Å². The molecule has 0 unspecified atom stereocenters. The van der Waals surface area contributed by atoms with E-state index in [2.05, 4.69) is 15.2 Å². The maximum absolute atomic E-state index is 6.09. The molecule has 1 aliphatic heterocycles. The van der Waals surface area contributed by atoms with Gasteiger partial charge in [-0.3, -0.25) is 4.99 Å². The Morgan fingerprint density at radius 2 is 1.86 bits per heavy atom. The van der Waals surface area contributed by atoms with Crippen LogP contribution in [0.4, 0.5) is 0 Å². The molecule has 0 spiro atoms. The third kappa shape index (κ3) is 5.79. The molecule has 0 radical (unpaired) electrons. The summed E-state index contributed by atoms with van der Waals surface area (Å²) in [5.74, 6) is 3.37. The summed E-state index contributed by atoms with van der Waals surface area (Å²) in [6, 6.07) is 16.0. The molecule has 0 bridgehead atoms. The molecule has 6 heteroatoms. The molecular weight excluding hydrogens is 366 g/mol. The predicted molar refractivity (Wildman–Crippen MR) is 116 cm³/mol. The van der Waals surface area contributed by atoms with Gasteiger partial charge in [-0.25, -0.2) is 0 Å². The minimum Gasteiger partial charge on any atom is -0.493 e. The summed E-state index contributed by atoms with van der Waals surface area (Å²) in [5.41, 5.74) is 1.12. The third-order valence-electron chi connectivity index (χ3n) is 4.98. The van der Waals surface area contributed by atoms with Crippen molar-refractivity contribution in [2.24, 2.45) is 4.99 Å². The molecule has 0 amide bonds. The molecule has 2 aromatic carbocycles. The van der Waals surface area contributed by atoms with E-state index < -0.39 is 0 Å². The second kappa shape index (κ2) is 10.6. The lowest BCUT2D eigenvalue weighted by molar-refractivity contribution is 0.129. The minimum atomic E-state index is 0.252. The maximum atomic E-state index is 6.09. The number of para-hydroxylation sites is 1. The number of methoxy groups -OCH3 is 1. The average Bonchev–Trinajstić information content (AvgIpc) is 2.77. The van der Waals surface area contributed by atoms with Crippen LogP contribution >= 0.6 is 0 Å². The van der Waals surface area contributed by atoms with Crippen molar-refractivity contribution >= 4 is 5.96 Å². The van der Waals surface area contributed by atoms with Gasteiger partial charge in [0.2, 0.25) is 0 Å². The van der Waals surface area contributed by atoms with Crippen molar-refractivity contribution in [3.8, 4) is 17.2 Å². The van der Waals surface area contributed by atoms with Crippen LogP contribution in [0.1, 0.15) is 25.3 Å². The van der Waals surface area contributed by atoms with E-state index in [9.17, 15) is 0 Å². The van der Waals surface area contributed by atoms with Gasteiger partial charge in [0, 0.05) is 39.5 Å². The van der Waals surface area contributed by atoms with E-state index in [0.29, 0.717) is 13.2 Å². The predicted octanol–water partition coefficient (Wildman–Crippen LogP) is 3.71. The first-order chi connectivity index (χ1) is 14.2. The number of piperidine rings is 1. The van der Waals surface area contributed by atoms with Crippen molar-refractivity contribution in [1.82, 2.24) is 10.2 Å². The lowest BCUT2D eigenvalue weighted by Gasteiger charge is -2.34. The minimum absolute atomic E-state index is 0.252. The molecule has 6 nitrogen and oxygen atoms in total. The van der Waals surface area contributed by atoms with E-state index in [0.717, 1.165) is 54.7 Å². The highest BCUT2D eigenvalue weighted by molar-refractivity contribution is 5.80. The molecule has 2 aromatic rings. The molecule has 1 fully saturated rings. The molecule has 0 aliphatic carbocycles. The molecule has 1 saturated heterocycles. The number of nitrogens with one attached hydrogen (secondary N) is 1. The lowest BCUT2D eigenvalue weighted by atomic mass is 10.1. The quantitative estimate of drug-likeness (QED) is 0.570. The second-order valence-electron chi connectivity index (χ2n) is 6.94. The van der Waals surface area contributed by atoms with Gasteiger partial charge in [0.05, 0.1) is 13.7 Å². The van der Waals surface area contributed by atoms with Gasteiger partial charge in [0.15, 0.2) is 17.5 Å². The molecule has 3 rings (SSSR count). The second-order valence-corrected chi connectivity index (χ2v) is 6.94. The zero-order chi connectivity index (χ0) is 20.5. The van der Waals surface area contributed by atoms with E-state index >= 15 is 0 Å². The van der Waals surface area contributed by atoms with E-state index in [4.69, 9.17) is 14.2 Å². The normalized spacial score (nSPS) is 15.1. The summed E-state index contributed by atoms with van der Waals surface area (Å²) >= 11 is 0. The van der Waals surface area contributed by atoms with E-state index in [1.807, 2.05) is 62.5 Å². The Morgan fingerprint density at radius 3 is 2.52 bits per heavy atom. The fourth-order valence-corrected chi connectivity index (χ4v) is 3.49. The van der Waals surface area contributed by atoms with Crippen molar-refractivity contribution < 1.29 is 14.2 Å². The summed E-state index contributed by atoms with van der Waals surface area (Å²) < 4.78 is 17.1. The molecule has 156 valence electrons. The van der Waals surface area contributed by atoms with E-state index in [1.165, 1.54) is 0 Å². The monoisotopic (exact) mass is 397 g/mol. The molecular formula is C23H31N3O3. The zero-order valence-electron chi connectivity index (χ0n) is 17.6. The highest BCUT2D eigenvalue weighted by Gasteiger charge is 2.22. The highest BCUT2D eigenvalue weighted by atomic mass is 16.5. The van der Waals surface area contributed by atoms with Gasteiger partial charge in [0.25, 0.3) is 0 Å². The SMILES string of the molecule is CCOc1ccc(CNC(=NC)N2CCC(Oc3ccccc3)CC2)cc1OC.